The van der Waals surface area contributed by atoms with E-state index in [9.17, 15) is 0 Å². The summed E-state index contributed by atoms with van der Waals surface area (Å²) in [7, 11) is 0. The fourth-order valence-corrected chi connectivity index (χ4v) is 2.22. The number of hydrogen-bond acceptors (Lipinski definition) is 2. The van der Waals surface area contributed by atoms with Crippen LogP contribution in [0.2, 0.25) is 0 Å². The third-order valence-corrected chi connectivity index (χ3v) is 3.45. The first-order valence-electron chi connectivity index (χ1n) is 7.61. The van der Waals surface area contributed by atoms with Gasteiger partial charge in [0.25, 0.3) is 0 Å². The summed E-state index contributed by atoms with van der Waals surface area (Å²) in [5, 5.41) is 3.50. The third-order valence-electron chi connectivity index (χ3n) is 3.45. The number of furan rings is 1. The standard InChI is InChI=1S/C16H29NO/c1-3-4-5-6-7-8-9-10-13-17-15(2)16-12-11-14-18-16/h11-12,14-15,17H,3-10,13H2,1-2H3/t15-/m0/s1. The molecule has 0 fully saturated rings. The van der Waals surface area contributed by atoms with Gasteiger partial charge in [0.1, 0.15) is 5.76 Å². The smallest absolute Gasteiger partial charge is 0.120 e. The summed E-state index contributed by atoms with van der Waals surface area (Å²) in [5.41, 5.74) is 0. The van der Waals surface area contributed by atoms with Crippen LogP contribution in [0.5, 0.6) is 0 Å². The Hall–Kier alpha value is -0.760. The predicted molar refractivity (Wildman–Crippen MR) is 77.7 cm³/mol. The Kier molecular flexibility index (Phi) is 8.66. The van der Waals surface area contributed by atoms with Crippen molar-refractivity contribution in [1.82, 2.24) is 5.32 Å². The molecule has 0 aliphatic carbocycles. The molecule has 0 bridgehead atoms. The first kappa shape index (κ1) is 15.3. The molecule has 1 heterocycles. The molecule has 0 aliphatic rings. The molecule has 1 atom stereocenters. The maximum atomic E-state index is 5.37. The van der Waals surface area contributed by atoms with Crippen LogP contribution in [0.3, 0.4) is 0 Å². The topological polar surface area (TPSA) is 25.2 Å². The minimum absolute atomic E-state index is 0.338. The number of unbranched alkanes of at least 4 members (excludes halogenated alkanes) is 7. The van der Waals surface area contributed by atoms with Gasteiger partial charge in [0.15, 0.2) is 0 Å². The highest BCUT2D eigenvalue weighted by molar-refractivity contribution is 5.02. The Labute approximate surface area is 112 Å². The third kappa shape index (κ3) is 6.85. The van der Waals surface area contributed by atoms with E-state index in [0.717, 1.165) is 12.3 Å². The van der Waals surface area contributed by atoms with Crippen LogP contribution in [0, 0.1) is 0 Å². The van der Waals surface area contributed by atoms with Crippen molar-refractivity contribution in [3.05, 3.63) is 24.2 Å². The van der Waals surface area contributed by atoms with Crippen LogP contribution < -0.4 is 5.32 Å². The summed E-state index contributed by atoms with van der Waals surface area (Å²) in [4.78, 5) is 0. The summed E-state index contributed by atoms with van der Waals surface area (Å²) in [5.74, 6) is 1.04. The second-order valence-corrected chi connectivity index (χ2v) is 5.17. The molecule has 1 aromatic rings. The Bertz CT molecular complexity index is 269. The fraction of sp³-hybridized carbons (Fsp3) is 0.750. The Balaban J connectivity index is 1.87. The summed E-state index contributed by atoms with van der Waals surface area (Å²) in [6.07, 6.45) is 12.8. The predicted octanol–water partition coefficient (Wildman–Crippen LogP) is 5.07. The van der Waals surface area contributed by atoms with Gasteiger partial charge in [-0.25, -0.2) is 0 Å². The molecule has 0 amide bonds. The summed E-state index contributed by atoms with van der Waals surface area (Å²) in [6.45, 7) is 5.52. The first-order valence-corrected chi connectivity index (χ1v) is 7.61. The molecule has 0 saturated heterocycles. The van der Waals surface area contributed by atoms with Crippen molar-refractivity contribution in [2.45, 2.75) is 71.3 Å². The van der Waals surface area contributed by atoms with Crippen molar-refractivity contribution in [3.63, 3.8) is 0 Å². The van der Waals surface area contributed by atoms with Gasteiger partial charge in [0, 0.05) is 0 Å². The maximum Gasteiger partial charge on any atom is 0.120 e. The Morgan fingerprint density at radius 1 is 1.06 bits per heavy atom. The van der Waals surface area contributed by atoms with Gasteiger partial charge in [-0.05, 0) is 32.0 Å². The summed E-state index contributed by atoms with van der Waals surface area (Å²) in [6, 6.07) is 4.32. The van der Waals surface area contributed by atoms with Crippen LogP contribution in [0.1, 0.15) is 77.0 Å². The normalized spacial score (nSPS) is 12.8. The number of hydrogen-bond donors (Lipinski definition) is 1. The molecular weight excluding hydrogens is 222 g/mol. The lowest BCUT2D eigenvalue weighted by atomic mass is 10.1. The Morgan fingerprint density at radius 3 is 2.33 bits per heavy atom. The quantitative estimate of drug-likeness (QED) is 0.555. The molecule has 1 N–H and O–H groups in total. The molecule has 0 aromatic carbocycles. The van der Waals surface area contributed by atoms with E-state index in [0.29, 0.717) is 6.04 Å². The molecule has 1 aromatic heterocycles. The molecule has 2 nitrogen and oxygen atoms in total. The van der Waals surface area contributed by atoms with Crippen molar-refractivity contribution in [2.24, 2.45) is 0 Å². The van der Waals surface area contributed by atoms with Crippen LogP contribution >= 0.6 is 0 Å². The molecule has 0 saturated carbocycles. The average Bonchev–Trinajstić information content (AvgIpc) is 2.90. The van der Waals surface area contributed by atoms with Crippen molar-refractivity contribution >= 4 is 0 Å². The minimum Gasteiger partial charge on any atom is -0.468 e. The van der Waals surface area contributed by atoms with Crippen LogP contribution in [-0.4, -0.2) is 6.54 Å². The minimum atomic E-state index is 0.338. The van der Waals surface area contributed by atoms with E-state index >= 15 is 0 Å². The van der Waals surface area contributed by atoms with Gasteiger partial charge >= 0.3 is 0 Å². The molecule has 0 radical (unpaired) electrons. The molecule has 1 rings (SSSR count). The van der Waals surface area contributed by atoms with Crippen LogP contribution in [0.25, 0.3) is 0 Å². The van der Waals surface area contributed by atoms with Crippen LogP contribution in [0.4, 0.5) is 0 Å². The lowest BCUT2D eigenvalue weighted by Crippen LogP contribution is -2.19. The number of nitrogens with one attached hydrogen (secondary N) is 1. The van der Waals surface area contributed by atoms with Crippen molar-refractivity contribution < 1.29 is 4.42 Å². The highest BCUT2D eigenvalue weighted by Gasteiger charge is 2.05. The van der Waals surface area contributed by atoms with Crippen molar-refractivity contribution in [3.8, 4) is 0 Å². The second kappa shape index (κ2) is 10.2. The van der Waals surface area contributed by atoms with Gasteiger partial charge in [-0.15, -0.1) is 0 Å². The molecule has 18 heavy (non-hydrogen) atoms. The van der Waals surface area contributed by atoms with E-state index < -0.39 is 0 Å². The zero-order valence-corrected chi connectivity index (χ0v) is 12.1. The van der Waals surface area contributed by atoms with Gasteiger partial charge in [-0.1, -0.05) is 51.9 Å². The number of rotatable bonds is 11. The lowest BCUT2D eigenvalue weighted by molar-refractivity contribution is 0.425. The van der Waals surface area contributed by atoms with E-state index in [2.05, 4.69) is 19.2 Å². The van der Waals surface area contributed by atoms with E-state index in [1.807, 2.05) is 12.1 Å². The zero-order valence-electron chi connectivity index (χ0n) is 12.1. The summed E-state index contributed by atoms with van der Waals surface area (Å²) < 4.78 is 5.37. The van der Waals surface area contributed by atoms with Crippen molar-refractivity contribution in [2.75, 3.05) is 6.54 Å². The monoisotopic (exact) mass is 251 g/mol. The maximum absolute atomic E-state index is 5.37. The van der Waals surface area contributed by atoms with Gasteiger partial charge < -0.3 is 9.73 Å². The van der Waals surface area contributed by atoms with Crippen LogP contribution in [0.15, 0.2) is 22.8 Å². The molecule has 104 valence electrons. The highest BCUT2D eigenvalue weighted by atomic mass is 16.3. The molecule has 0 aliphatic heterocycles. The molecular formula is C16H29NO. The first-order chi connectivity index (χ1) is 8.84. The second-order valence-electron chi connectivity index (χ2n) is 5.17. The van der Waals surface area contributed by atoms with Gasteiger partial charge in [-0.2, -0.15) is 0 Å². The molecule has 0 unspecified atom stereocenters. The molecule has 0 spiro atoms. The van der Waals surface area contributed by atoms with Crippen molar-refractivity contribution in [1.29, 1.82) is 0 Å². The van der Waals surface area contributed by atoms with E-state index in [1.54, 1.807) is 6.26 Å². The van der Waals surface area contributed by atoms with Gasteiger partial charge in [0.2, 0.25) is 0 Å². The molecule has 2 heteroatoms. The van der Waals surface area contributed by atoms with E-state index in [1.165, 1.54) is 51.4 Å². The van der Waals surface area contributed by atoms with Crippen LogP contribution in [-0.2, 0) is 0 Å². The summed E-state index contributed by atoms with van der Waals surface area (Å²) >= 11 is 0. The van der Waals surface area contributed by atoms with E-state index in [4.69, 9.17) is 4.42 Å². The zero-order chi connectivity index (χ0) is 13.1. The highest BCUT2D eigenvalue weighted by Crippen LogP contribution is 2.12. The van der Waals surface area contributed by atoms with E-state index in [-0.39, 0.29) is 0 Å². The Morgan fingerprint density at radius 2 is 1.72 bits per heavy atom. The average molecular weight is 251 g/mol. The van der Waals surface area contributed by atoms with Gasteiger partial charge in [-0.3, -0.25) is 0 Å². The SMILES string of the molecule is CCCCCCCCCCN[C@@H](C)c1ccco1. The fourth-order valence-electron chi connectivity index (χ4n) is 2.22. The largest absolute Gasteiger partial charge is 0.468 e. The lowest BCUT2D eigenvalue weighted by Gasteiger charge is -2.10. The van der Waals surface area contributed by atoms with Gasteiger partial charge in [0.05, 0.1) is 12.3 Å².